The average molecular weight is 303 g/mol. The van der Waals surface area contributed by atoms with Gasteiger partial charge >= 0.3 is 0 Å². The van der Waals surface area contributed by atoms with E-state index in [1.807, 2.05) is 0 Å². The van der Waals surface area contributed by atoms with Gasteiger partial charge < -0.3 is 10.2 Å². The van der Waals surface area contributed by atoms with Gasteiger partial charge in [-0.15, -0.1) is 17.0 Å². The topological polar surface area (TPSA) is 56.6 Å². The number of hydrogen-bond acceptors (Lipinski definition) is 4. The summed E-state index contributed by atoms with van der Waals surface area (Å²) in [4.78, 5) is 6.47. The van der Waals surface area contributed by atoms with E-state index in [-0.39, 0.29) is 29.3 Å². The summed E-state index contributed by atoms with van der Waals surface area (Å²) in [5, 5.41) is 19.1. The molecular formula is C12H19BrN2O2. The van der Waals surface area contributed by atoms with E-state index in [4.69, 9.17) is 0 Å². The summed E-state index contributed by atoms with van der Waals surface area (Å²) in [5.41, 5.74) is 2.14. The first-order chi connectivity index (χ1) is 7.72. The first-order valence-corrected chi connectivity index (χ1v) is 5.72. The number of halogens is 1. The fourth-order valence-corrected chi connectivity index (χ4v) is 2.18. The SMILES string of the molecule is Br.Cc1ncc(CN2CCCC2)c(CO)c1O. The highest BCUT2D eigenvalue weighted by molar-refractivity contribution is 8.93. The quantitative estimate of drug-likeness (QED) is 0.893. The fourth-order valence-electron chi connectivity index (χ4n) is 2.18. The van der Waals surface area contributed by atoms with Gasteiger partial charge in [0.05, 0.1) is 12.3 Å². The van der Waals surface area contributed by atoms with Crippen LogP contribution < -0.4 is 0 Å². The summed E-state index contributed by atoms with van der Waals surface area (Å²) in [5.74, 6) is 0.138. The zero-order valence-corrected chi connectivity index (χ0v) is 11.7. The molecule has 1 aromatic heterocycles. The number of aryl methyl sites for hydroxylation is 1. The molecule has 0 atom stereocenters. The van der Waals surface area contributed by atoms with Crippen molar-refractivity contribution in [3.8, 4) is 5.75 Å². The lowest BCUT2D eigenvalue weighted by Gasteiger charge is -2.17. The maximum atomic E-state index is 9.81. The third-order valence-electron chi connectivity index (χ3n) is 3.18. The van der Waals surface area contributed by atoms with Crippen LogP contribution in [0.2, 0.25) is 0 Å². The maximum absolute atomic E-state index is 9.81. The van der Waals surface area contributed by atoms with Crippen LogP contribution in [0.15, 0.2) is 6.20 Å². The van der Waals surface area contributed by atoms with Crippen LogP contribution in [0, 0.1) is 6.92 Å². The Balaban J connectivity index is 0.00000144. The smallest absolute Gasteiger partial charge is 0.142 e. The molecule has 2 N–H and O–H groups in total. The molecule has 0 unspecified atom stereocenters. The molecule has 17 heavy (non-hydrogen) atoms. The van der Waals surface area contributed by atoms with Crippen LogP contribution in [-0.2, 0) is 13.2 Å². The van der Waals surface area contributed by atoms with Gasteiger partial charge in [0.2, 0.25) is 0 Å². The van der Waals surface area contributed by atoms with Gasteiger partial charge in [0, 0.05) is 18.3 Å². The van der Waals surface area contributed by atoms with E-state index in [0.29, 0.717) is 11.3 Å². The number of likely N-dealkylation sites (tertiary alicyclic amines) is 1. The molecule has 5 heteroatoms. The zero-order chi connectivity index (χ0) is 11.5. The van der Waals surface area contributed by atoms with Crippen LogP contribution in [0.4, 0.5) is 0 Å². The molecule has 1 fully saturated rings. The second-order valence-corrected chi connectivity index (χ2v) is 4.34. The molecule has 0 amide bonds. The number of rotatable bonds is 3. The number of aliphatic hydroxyl groups is 1. The van der Waals surface area contributed by atoms with Crippen molar-refractivity contribution in [2.75, 3.05) is 13.1 Å². The standard InChI is InChI=1S/C12H18N2O2.BrH/c1-9-12(16)11(8-15)10(6-13-9)7-14-4-2-3-5-14;/h6,15-16H,2-5,7-8H2,1H3;1H. The minimum atomic E-state index is -0.127. The number of nitrogens with zero attached hydrogens (tertiary/aromatic N) is 2. The molecule has 1 aliphatic rings. The summed E-state index contributed by atoms with van der Waals surface area (Å²) in [6.07, 6.45) is 4.23. The minimum absolute atomic E-state index is 0. The monoisotopic (exact) mass is 302 g/mol. The van der Waals surface area contributed by atoms with E-state index in [0.717, 1.165) is 25.2 Å². The Bertz CT molecular complexity index is 379. The summed E-state index contributed by atoms with van der Waals surface area (Å²) >= 11 is 0. The van der Waals surface area contributed by atoms with Crippen molar-refractivity contribution in [2.45, 2.75) is 32.9 Å². The van der Waals surface area contributed by atoms with Crippen LogP contribution in [0.1, 0.15) is 29.7 Å². The lowest BCUT2D eigenvalue weighted by molar-refractivity contribution is 0.267. The van der Waals surface area contributed by atoms with Gasteiger partial charge in [0.15, 0.2) is 0 Å². The molecule has 0 spiro atoms. The van der Waals surface area contributed by atoms with Crippen molar-refractivity contribution < 1.29 is 10.2 Å². The molecule has 0 radical (unpaired) electrons. The van der Waals surface area contributed by atoms with E-state index < -0.39 is 0 Å². The fraction of sp³-hybridized carbons (Fsp3) is 0.583. The summed E-state index contributed by atoms with van der Waals surface area (Å²) in [6.45, 7) is 4.59. The van der Waals surface area contributed by atoms with Crippen molar-refractivity contribution >= 4 is 17.0 Å². The molecule has 2 heterocycles. The first-order valence-electron chi connectivity index (χ1n) is 5.72. The normalized spacial score (nSPS) is 15.9. The number of aliphatic hydroxyl groups excluding tert-OH is 1. The zero-order valence-electron chi connectivity index (χ0n) is 10.0. The molecule has 1 saturated heterocycles. The minimum Gasteiger partial charge on any atom is -0.506 e. The second kappa shape index (κ2) is 6.33. The maximum Gasteiger partial charge on any atom is 0.142 e. The lowest BCUT2D eigenvalue weighted by atomic mass is 10.1. The summed E-state index contributed by atoms with van der Waals surface area (Å²) in [7, 11) is 0. The molecule has 0 aliphatic carbocycles. The van der Waals surface area contributed by atoms with E-state index in [9.17, 15) is 10.2 Å². The van der Waals surface area contributed by atoms with Gasteiger partial charge in [-0.2, -0.15) is 0 Å². The Labute approximate surface area is 112 Å². The van der Waals surface area contributed by atoms with Crippen molar-refractivity contribution in [2.24, 2.45) is 0 Å². The molecule has 0 saturated carbocycles. The van der Waals surface area contributed by atoms with Crippen molar-refractivity contribution in [1.29, 1.82) is 0 Å². The average Bonchev–Trinajstić information content (AvgIpc) is 2.77. The highest BCUT2D eigenvalue weighted by Gasteiger charge is 2.16. The third kappa shape index (κ3) is 3.18. The van der Waals surface area contributed by atoms with Crippen LogP contribution in [0.3, 0.4) is 0 Å². The Morgan fingerprint density at radius 3 is 2.59 bits per heavy atom. The molecule has 0 aromatic carbocycles. The highest BCUT2D eigenvalue weighted by atomic mass is 79.9. The Morgan fingerprint density at radius 2 is 2.00 bits per heavy atom. The van der Waals surface area contributed by atoms with Gasteiger partial charge in [0.25, 0.3) is 0 Å². The van der Waals surface area contributed by atoms with Crippen LogP contribution in [0.25, 0.3) is 0 Å². The summed E-state index contributed by atoms with van der Waals surface area (Å²) < 4.78 is 0. The lowest BCUT2D eigenvalue weighted by Crippen LogP contribution is -2.19. The van der Waals surface area contributed by atoms with E-state index in [1.54, 1.807) is 13.1 Å². The predicted molar refractivity (Wildman–Crippen MR) is 71.4 cm³/mol. The van der Waals surface area contributed by atoms with Gasteiger partial charge in [-0.05, 0) is 38.4 Å². The Morgan fingerprint density at radius 1 is 1.35 bits per heavy atom. The number of hydrogen-bond donors (Lipinski definition) is 2. The molecule has 96 valence electrons. The Kier molecular flexibility index (Phi) is 5.36. The molecule has 1 aliphatic heterocycles. The van der Waals surface area contributed by atoms with Gasteiger partial charge in [-0.25, -0.2) is 0 Å². The van der Waals surface area contributed by atoms with E-state index >= 15 is 0 Å². The van der Waals surface area contributed by atoms with E-state index in [1.165, 1.54) is 12.8 Å². The van der Waals surface area contributed by atoms with Crippen LogP contribution in [0.5, 0.6) is 5.75 Å². The van der Waals surface area contributed by atoms with Crippen molar-refractivity contribution in [1.82, 2.24) is 9.88 Å². The van der Waals surface area contributed by atoms with E-state index in [2.05, 4.69) is 9.88 Å². The van der Waals surface area contributed by atoms with Crippen LogP contribution in [-0.4, -0.2) is 33.2 Å². The first kappa shape index (κ1) is 14.4. The third-order valence-corrected chi connectivity index (χ3v) is 3.18. The Hall–Kier alpha value is -0.650. The largest absolute Gasteiger partial charge is 0.506 e. The second-order valence-electron chi connectivity index (χ2n) is 4.34. The summed E-state index contributed by atoms with van der Waals surface area (Å²) in [6, 6.07) is 0. The molecular weight excluding hydrogens is 284 g/mol. The predicted octanol–water partition coefficient (Wildman–Crippen LogP) is 1.76. The van der Waals surface area contributed by atoms with Gasteiger partial charge in [-0.1, -0.05) is 0 Å². The highest BCUT2D eigenvalue weighted by Crippen LogP contribution is 2.25. The van der Waals surface area contributed by atoms with Crippen LogP contribution >= 0.6 is 17.0 Å². The molecule has 1 aromatic rings. The number of pyridine rings is 1. The van der Waals surface area contributed by atoms with Gasteiger partial charge in [0.1, 0.15) is 5.75 Å². The van der Waals surface area contributed by atoms with Gasteiger partial charge in [-0.3, -0.25) is 9.88 Å². The van der Waals surface area contributed by atoms with Crippen molar-refractivity contribution in [3.05, 3.63) is 23.0 Å². The number of aromatic nitrogens is 1. The van der Waals surface area contributed by atoms with Crippen molar-refractivity contribution in [3.63, 3.8) is 0 Å². The number of aromatic hydroxyl groups is 1. The molecule has 0 bridgehead atoms. The molecule has 2 rings (SSSR count). The molecule has 4 nitrogen and oxygen atoms in total.